The second kappa shape index (κ2) is 5.21. The van der Waals surface area contributed by atoms with Crippen LogP contribution in [0.25, 0.3) is 16.9 Å². The van der Waals surface area contributed by atoms with Gasteiger partial charge in [0.1, 0.15) is 5.82 Å². The molecule has 3 aromatic rings. The van der Waals surface area contributed by atoms with Crippen LogP contribution in [0.2, 0.25) is 0 Å². The third kappa shape index (κ3) is 2.03. The highest BCUT2D eigenvalue weighted by Crippen LogP contribution is 2.23. The molecule has 1 aliphatic heterocycles. The van der Waals surface area contributed by atoms with Crippen LogP contribution in [0.1, 0.15) is 35.7 Å². The molecule has 0 bridgehead atoms. The SMILES string of the molecule is CC.Cc1nc(-n2cc3c(n2)C(=O)N(C)C3)c2cn[nH]c2n1. The Bertz CT molecular complexity index is 848. The van der Waals surface area contributed by atoms with Crippen LogP contribution in [0.4, 0.5) is 0 Å². The fourth-order valence-corrected chi connectivity index (χ4v) is 2.43. The summed E-state index contributed by atoms with van der Waals surface area (Å²) in [5.74, 6) is 1.19. The van der Waals surface area contributed by atoms with Crippen molar-refractivity contribution in [1.29, 1.82) is 0 Å². The molecule has 0 atom stereocenters. The van der Waals surface area contributed by atoms with E-state index < -0.39 is 0 Å². The van der Waals surface area contributed by atoms with Gasteiger partial charge in [0.05, 0.1) is 11.6 Å². The first-order valence-electron chi connectivity index (χ1n) is 7.15. The molecule has 0 saturated carbocycles. The molecule has 22 heavy (non-hydrogen) atoms. The van der Waals surface area contributed by atoms with Gasteiger partial charge in [0.25, 0.3) is 5.91 Å². The van der Waals surface area contributed by atoms with Crippen molar-refractivity contribution in [2.45, 2.75) is 27.3 Å². The summed E-state index contributed by atoms with van der Waals surface area (Å²) in [5.41, 5.74) is 2.05. The van der Waals surface area contributed by atoms with E-state index in [0.29, 0.717) is 29.5 Å². The zero-order chi connectivity index (χ0) is 15.9. The maximum atomic E-state index is 11.9. The van der Waals surface area contributed by atoms with E-state index in [1.165, 1.54) is 0 Å². The van der Waals surface area contributed by atoms with Gasteiger partial charge in [-0.3, -0.25) is 9.89 Å². The Hall–Kier alpha value is -2.77. The first kappa shape index (κ1) is 14.2. The molecule has 1 amide bonds. The Morgan fingerprint density at radius 1 is 1.27 bits per heavy atom. The van der Waals surface area contributed by atoms with E-state index in [2.05, 4.69) is 25.3 Å². The van der Waals surface area contributed by atoms with Gasteiger partial charge < -0.3 is 4.90 Å². The number of carbonyl (C=O) groups is 1. The van der Waals surface area contributed by atoms with Crippen molar-refractivity contribution in [1.82, 2.24) is 34.8 Å². The third-order valence-corrected chi connectivity index (χ3v) is 3.37. The van der Waals surface area contributed by atoms with Crippen molar-refractivity contribution in [3.8, 4) is 5.82 Å². The first-order chi connectivity index (χ1) is 10.6. The lowest BCUT2D eigenvalue weighted by Gasteiger charge is -2.07. The van der Waals surface area contributed by atoms with Gasteiger partial charge in [0.15, 0.2) is 17.2 Å². The van der Waals surface area contributed by atoms with Gasteiger partial charge in [-0.05, 0) is 6.92 Å². The third-order valence-electron chi connectivity index (χ3n) is 3.37. The predicted octanol–water partition coefficient (Wildman–Crippen LogP) is 1.46. The highest BCUT2D eigenvalue weighted by atomic mass is 16.2. The second-order valence-electron chi connectivity index (χ2n) is 4.84. The molecule has 1 N–H and O–H groups in total. The fraction of sp³-hybridized carbons (Fsp3) is 0.357. The number of amides is 1. The summed E-state index contributed by atoms with van der Waals surface area (Å²) >= 11 is 0. The number of hydrogen-bond donors (Lipinski definition) is 1. The number of hydrogen-bond acceptors (Lipinski definition) is 5. The van der Waals surface area contributed by atoms with E-state index in [-0.39, 0.29) is 5.91 Å². The van der Waals surface area contributed by atoms with E-state index in [1.54, 1.807) is 29.7 Å². The quantitative estimate of drug-likeness (QED) is 0.734. The van der Waals surface area contributed by atoms with Crippen molar-refractivity contribution < 1.29 is 4.79 Å². The maximum absolute atomic E-state index is 11.9. The molecule has 3 aromatic heterocycles. The van der Waals surface area contributed by atoms with Crippen LogP contribution in [0, 0.1) is 6.92 Å². The summed E-state index contributed by atoms with van der Waals surface area (Å²) < 4.78 is 1.63. The van der Waals surface area contributed by atoms with Crippen LogP contribution < -0.4 is 0 Å². The van der Waals surface area contributed by atoms with Crippen molar-refractivity contribution in [3.05, 3.63) is 29.5 Å². The minimum Gasteiger partial charge on any atom is -0.336 e. The molecule has 0 spiro atoms. The van der Waals surface area contributed by atoms with Crippen molar-refractivity contribution in [2.75, 3.05) is 7.05 Å². The normalized spacial score (nSPS) is 13.3. The van der Waals surface area contributed by atoms with Gasteiger partial charge in [-0.1, -0.05) is 13.8 Å². The molecule has 0 aromatic carbocycles. The van der Waals surface area contributed by atoms with Crippen molar-refractivity contribution >= 4 is 16.9 Å². The van der Waals surface area contributed by atoms with Crippen LogP contribution >= 0.6 is 0 Å². The highest BCUT2D eigenvalue weighted by molar-refractivity contribution is 5.96. The molecule has 0 aliphatic carbocycles. The summed E-state index contributed by atoms with van der Waals surface area (Å²) in [6, 6.07) is 0. The fourth-order valence-electron chi connectivity index (χ4n) is 2.43. The van der Waals surface area contributed by atoms with Gasteiger partial charge in [-0.15, -0.1) is 0 Å². The van der Waals surface area contributed by atoms with Gasteiger partial charge in [-0.2, -0.15) is 10.2 Å². The monoisotopic (exact) mass is 299 g/mol. The summed E-state index contributed by atoms with van der Waals surface area (Å²) in [4.78, 5) is 22.2. The molecule has 0 saturated heterocycles. The number of nitrogens with zero attached hydrogens (tertiary/aromatic N) is 6. The minimum absolute atomic E-state index is 0.0621. The molecular formula is C14H17N7O. The standard InChI is InChI=1S/C12H11N7O.C2H6/c1-6-14-10-8(3-13-16-10)11(15-6)19-5-7-4-18(2)12(20)9(7)17-19;1-2/h3,5H,4H2,1-2H3,(H,13,14,15,16);1-2H3. The van der Waals surface area contributed by atoms with E-state index in [0.717, 1.165) is 10.9 Å². The largest absolute Gasteiger partial charge is 0.336 e. The Kier molecular flexibility index (Phi) is 3.36. The van der Waals surface area contributed by atoms with Gasteiger partial charge >= 0.3 is 0 Å². The zero-order valence-corrected chi connectivity index (χ0v) is 13.0. The van der Waals surface area contributed by atoms with Gasteiger partial charge in [-0.25, -0.2) is 14.6 Å². The lowest BCUT2D eigenvalue weighted by Crippen LogP contribution is -2.19. The Morgan fingerprint density at radius 3 is 2.77 bits per heavy atom. The lowest BCUT2D eigenvalue weighted by atomic mass is 10.3. The Balaban J connectivity index is 0.000000693. The first-order valence-corrected chi connectivity index (χ1v) is 7.15. The molecule has 114 valence electrons. The average molecular weight is 299 g/mol. The molecule has 1 aliphatic rings. The lowest BCUT2D eigenvalue weighted by molar-refractivity contribution is 0.0810. The number of aryl methyl sites for hydroxylation is 1. The topological polar surface area (TPSA) is 92.6 Å². The summed E-state index contributed by atoms with van der Waals surface area (Å²) in [5, 5.41) is 11.9. The second-order valence-corrected chi connectivity index (χ2v) is 4.84. The van der Waals surface area contributed by atoms with Crippen molar-refractivity contribution in [3.63, 3.8) is 0 Å². The Labute approximate surface area is 127 Å². The van der Waals surface area contributed by atoms with Gasteiger partial charge in [0.2, 0.25) is 0 Å². The number of fused-ring (bicyclic) bond motifs is 2. The van der Waals surface area contributed by atoms with Crippen LogP contribution in [0.5, 0.6) is 0 Å². The number of H-pyrrole nitrogens is 1. The average Bonchev–Trinajstić information content (AvgIpc) is 3.19. The number of nitrogens with one attached hydrogen (secondary N) is 1. The maximum Gasteiger partial charge on any atom is 0.274 e. The molecule has 0 unspecified atom stereocenters. The zero-order valence-electron chi connectivity index (χ0n) is 13.0. The number of aromatic amines is 1. The molecular weight excluding hydrogens is 282 g/mol. The van der Waals surface area contributed by atoms with E-state index in [1.807, 2.05) is 20.0 Å². The van der Waals surface area contributed by atoms with Crippen LogP contribution in [-0.2, 0) is 6.54 Å². The van der Waals surface area contributed by atoms with E-state index in [4.69, 9.17) is 0 Å². The van der Waals surface area contributed by atoms with Gasteiger partial charge in [0, 0.05) is 25.4 Å². The Morgan fingerprint density at radius 2 is 2.05 bits per heavy atom. The molecule has 4 rings (SSSR count). The molecule has 8 nitrogen and oxygen atoms in total. The summed E-state index contributed by atoms with van der Waals surface area (Å²) in [6.07, 6.45) is 3.50. The minimum atomic E-state index is -0.0621. The van der Waals surface area contributed by atoms with Crippen molar-refractivity contribution in [2.24, 2.45) is 0 Å². The molecule has 0 fully saturated rings. The van der Waals surface area contributed by atoms with Crippen LogP contribution in [0.15, 0.2) is 12.4 Å². The van der Waals surface area contributed by atoms with Crippen LogP contribution in [-0.4, -0.2) is 47.8 Å². The molecule has 4 heterocycles. The van der Waals surface area contributed by atoms with E-state index in [9.17, 15) is 4.79 Å². The van der Waals surface area contributed by atoms with Crippen LogP contribution in [0.3, 0.4) is 0 Å². The molecule has 8 heteroatoms. The molecule has 0 radical (unpaired) electrons. The highest BCUT2D eigenvalue weighted by Gasteiger charge is 2.29. The number of rotatable bonds is 1. The van der Waals surface area contributed by atoms with E-state index >= 15 is 0 Å². The number of aromatic nitrogens is 6. The summed E-state index contributed by atoms with van der Waals surface area (Å²) in [7, 11) is 1.76. The summed E-state index contributed by atoms with van der Waals surface area (Å²) in [6.45, 7) is 6.38. The smallest absolute Gasteiger partial charge is 0.274 e. The predicted molar refractivity (Wildman–Crippen MR) is 80.7 cm³/mol. The number of carbonyl (C=O) groups excluding carboxylic acids is 1.